The Bertz CT molecular complexity index is 502. The second kappa shape index (κ2) is 5.70. The van der Waals surface area contributed by atoms with E-state index in [9.17, 15) is 0 Å². The molecule has 1 aromatic heterocycles. The first kappa shape index (κ1) is 12.0. The first-order valence-electron chi connectivity index (χ1n) is 5.30. The summed E-state index contributed by atoms with van der Waals surface area (Å²) in [7, 11) is 1.67. The van der Waals surface area contributed by atoms with E-state index in [-0.39, 0.29) is 0 Å². The summed E-state index contributed by atoms with van der Waals surface area (Å²) in [6.45, 7) is 0.459. The first-order chi connectivity index (χ1) is 8.33. The molecular weight excluding hydrogens is 232 g/mol. The zero-order valence-electron chi connectivity index (χ0n) is 9.59. The van der Waals surface area contributed by atoms with Gasteiger partial charge >= 0.3 is 0 Å². The lowest BCUT2D eigenvalue weighted by Crippen LogP contribution is -1.99. The standard InChI is InChI=1S/C13H14N2OS/c1-16-11-6-2-3-7-12(11)17-13-8-4-5-10(9-14)15-13/h2-8H,9,14H2,1H3. The average Bonchev–Trinajstić information content (AvgIpc) is 2.39. The third-order valence-corrected chi connectivity index (χ3v) is 3.27. The third-order valence-electron chi connectivity index (χ3n) is 2.27. The molecule has 1 heterocycles. The predicted octanol–water partition coefficient (Wildman–Crippen LogP) is 2.70. The summed E-state index contributed by atoms with van der Waals surface area (Å²) in [5.41, 5.74) is 6.47. The molecule has 0 saturated heterocycles. The maximum Gasteiger partial charge on any atom is 0.132 e. The van der Waals surface area contributed by atoms with Gasteiger partial charge in [0.2, 0.25) is 0 Å². The molecule has 2 rings (SSSR count). The number of hydrogen-bond donors (Lipinski definition) is 1. The van der Waals surface area contributed by atoms with Crippen LogP contribution in [0.15, 0.2) is 52.4 Å². The van der Waals surface area contributed by atoms with E-state index in [2.05, 4.69) is 4.98 Å². The van der Waals surface area contributed by atoms with Crippen molar-refractivity contribution < 1.29 is 4.74 Å². The van der Waals surface area contributed by atoms with E-state index >= 15 is 0 Å². The Kier molecular flexibility index (Phi) is 4.01. The second-order valence-corrected chi connectivity index (χ2v) is 4.49. The van der Waals surface area contributed by atoms with Crippen LogP contribution in [0.1, 0.15) is 5.69 Å². The number of pyridine rings is 1. The van der Waals surface area contributed by atoms with Crippen LogP contribution in [0.25, 0.3) is 0 Å². The first-order valence-corrected chi connectivity index (χ1v) is 6.12. The van der Waals surface area contributed by atoms with Crippen LogP contribution in [-0.2, 0) is 6.54 Å². The molecule has 2 aromatic rings. The quantitative estimate of drug-likeness (QED) is 0.901. The number of nitrogens with zero attached hydrogens (tertiary/aromatic N) is 1. The van der Waals surface area contributed by atoms with Crippen LogP contribution in [-0.4, -0.2) is 12.1 Å². The van der Waals surface area contributed by atoms with Gasteiger partial charge in [0, 0.05) is 6.54 Å². The van der Waals surface area contributed by atoms with Crippen LogP contribution < -0.4 is 10.5 Å². The minimum Gasteiger partial charge on any atom is -0.496 e. The maximum absolute atomic E-state index is 5.57. The van der Waals surface area contributed by atoms with Crippen molar-refractivity contribution in [3.8, 4) is 5.75 Å². The van der Waals surface area contributed by atoms with Gasteiger partial charge in [-0.2, -0.15) is 0 Å². The molecule has 0 atom stereocenters. The highest BCUT2D eigenvalue weighted by atomic mass is 32.2. The minimum atomic E-state index is 0.459. The Morgan fingerprint density at radius 2 is 2.00 bits per heavy atom. The van der Waals surface area contributed by atoms with Gasteiger partial charge in [0.25, 0.3) is 0 Å². The monoisotopic (exact) mass is 246 g/mol. The van der Waals surface area contributed by atoms with Gasteiger partial charge in [0.05, 0.1) is 17.7 Å². The molecule has 4 heteroatoms. The highest BCUT2D eigenvalue weighted by Crippen LogP contribution is 2.33. The second-order valence-electron chi connectivity index (χ2n) is 3.42. The van der Waals surface area contributed by atoms with E-state index in [0.29, 0.717) is 6.54 Å². The van der Waals surface area contributed by atoms with Crippen LogP contribution in [0.4, 0.5) is 0 Å². The zero-order chi connectivity index (χ0) is 12.1. The number of aromatic nitrogens is 1. The van der Waals surface area contributed by atoms with Gasteiger partial charge in [-0.25, -0.2) is 4.98 Å². The Morgan fingerprint density at radius 3 is 2.76 bits per heavy atom. The van der Waals surface area contributed by atoms with Crippen molar-refractivity contribution >= 4 is 11.8 Å². The molecule has 0 radical (unpaired) electrons. The molecule has 0 aliphatic carbocycles. The maximum atomic E-state index is 5.57. The molecule has 0 spiro atoms. The summed E-state index contributed by atoms with van der Waals surface area (Å²) in [6, 6.07) is 13.7. The lowest BCUT2D eigenvalue weighted by atomic mass is 10.3. The lowest BCUT2D eigenvalue weighted by Gasteiger charge is -2.07. The zero-order valence-corrected chi connectivity index (χ0v) is 10.4. The van der Waals surface area contributed by atoms with Gasteiger partial charge in [0.1, 0.15) is 10.8 Å². The van der Waals surface area contributed by atoms with E-state index in [1.165, 1.54) is 0 Å². The molecule has 0 bridgehead atoms. The van der Waals surface area contributed by atoms with Crippen LogP contribution in [0.2, 0.25) is 0 Å². The van der Waals surface area contributed by atoms with Gasteiger partial charge in [-0.05, 0) is 24.3 Å². The van der Waals surface area contributed by atoms with Crippen LogP contribution in [0, 0.1) is 0 Å². The summed E-state index contributed by atoms with van der Waals surface area (Å²) in [6.07, 6.45) is 0. The molecule has 1 aromatic carbocycles. The third kappa shape index (κ3) is 2.99. The SMILES string of the molecule is COc1ccccc1Sc1cccc(CN)n1. The Balaban J connectivity index is 2.24. The number of methoxy groups -OCH3 is 1. The molecule has 0 unspecified atom stereocenters. The summed E-state index contributed by atoms with van der Waals surface area (Å²) in [5.74, 6) is 0.859. The minimum absolute atomic E-state index is 0.459. The molecule has 0 aliphatic heterocycles. The van der Waals surface area contributed by atoms with Crippen LogP contribution >= 0.6 is 11.8 Å². The van der Waals surface area contributed by atoms with Gasteiger partial charge in [-0.3, -0.25) is 0 Å². The number of rotatable bonds is 4. The molecule has 0 amide bonds. The smallest absolute Gasteiger partial charge is 0.132 e. The molecule has 3 nitrogen and oxygen atoms in total. The Hall–Kier alpha value is -1.52. The van der Waals surface area contributed by atoms with Gasteiger partial charge in [0.15, 0.2) is 0 Å². The highest BCUT2D eigenvalue weighted by molar-refractivity contribution is 7.99. The Labute approximate surface area is 105 Å². The summed E-state index contributed by atoms with van der Waals surface area (Å²) in [4.78, 5) is 5.50. The molecule has 17 heavy (non-hydrogen) atoms. The van der Waals surface area contributed by atoms with E-state index < -0.39 is 0 Å². The van der Waals surface area contributed by atoms with Crippen molar-refractivity contribution in [3.63, 3.8) is 0 Å². The fourth-order valence-electron chi connectivity index (χ4n) is 1.44. The molecule has 0 fully saturated rings. The van der Waals surface area contributed by atoms with E-state index in [1.54, 1.807) is 18.9 Å². The number of hydrogen-bond acceptors (Lipinski definition) is 4. The van der Waals surface area contributed by atoms with Gasteiger partial charge in [-0.1, -0.05) is 30.0 Å². The van der Waals surface area contributed by atoms with Gasteiger partial charge in [-0.15, -0.1) is 0 Å². The highest BCUT2D eigenvalue weighted by Gasteiger charge is 2.05. The average molecular weight is 246 g/mol. The summed E-state index contributed by atoms with van der Waals surface area (Å²) >= 11 is 1.58. The largest absolute Gasteiger partial charge is 0.496 e. The number of para-hydroxylation sites is 1. The van der Waals surface area contributed by atoms with Crippen LogP contribution in [0.5, 0.6) is 5.75 Å². The lowest BCUT2D eigenvalue weighted by molar-refractivity contribution is 0.405. The number of benzene rings is 1. The topological polar surface area (TPSA) is 48.1 Å². The normalized spacial score (nSPS) is 10.2. The van der Waals surface area contributed by atoms with E-state index in [1.807, 2.05) is 42.5 Å². The van der Waals surface area contributed by atoms with Crippen molar-refractivity contribution in [2.45, 2.75) is 16.5 Å². The molecule has 0 saturated carbocycles. The van der Waals surface area contributed by atoms with Gasteiger partial charge < -0.3 is 10.5 Å². The summed E-state index contributed by atoms with van der Waals surface area (Å²) in [5, 5.41) is 0.928. The van der Waals surface area contributed by atoms with Crippen molar-refractivity contribution in [1.29, 1.82) is 0 Å². The van der Waals surface area contributed by atoms with Crippen molar-refractivity contribution in [1.82, 2.24) is 4.98 Å². The fraction of sp³-hybridized carbons (Fsp3) is 0.154. The molecule has 2 N–H and O–H groups in total. The Morgan fingerprint density at radius 1 is 1.18 bits per heavy atom. The fourth-order valence-corrected chi connectivity index (χ4v) is 2.38. The van der Waals surface area contributed by atoms with Crippen molar-refractivity contribution in [2.24, 2.45) is 5.73 Å². The van der Waals surface area contributed by atoms with Crippen molar-refractivity contribution in [2.75, 3.05) is 7.11 Å². The number of ether oxygens (including phenoxy) is 1. The molecule has 88 valence electrons. The molecule has 0 aliphatic rings. The molecular formula is C13H14N2OS. The number of nitrogens with two attached hydrogens (primary N) is 1. The van der Waals surface area contributed by atoms with E-state index in [0.717, 1.165) is 21.4 Å². The van der Waals surface area contributed by atoms with E-state index in [4.69, 9.17) is 10.5 Å². The van der Waals surface area contributed by atoms with Crippen LogP contribution in [0.3, 0.4) is 0 Å². The summed E-state index contributed by atoms with van der Waals surface area (Å²) < 4.78 is 5.30. The van der Waals surface area contributed by atoms with Crippen molar-refractivity contribution in [3.05, 3.63) is 48.2 Å². The predicted molar refractivity (Wildman–Crippen MR) is 69.2 cm³/mol.